The third-order valence-electron chi connectivity index (χ3n) is 3.08. The van der Waals surface area contributed by atoms with E-state index in [2.05, 4.69) is 15.3 Å². The molecule has 6 heteroatoms. The number of nitrogens with zero attached hydrogens (tertiary/aromatic N) is 2. The van der Waals surface area contributed by atoms with Crippen LogP contribution in [-0.4, -0.2) is 10.8 Å². The fourth-order valence-electron chi connectivity index (χ4n) is 2.09. The number of hydrogen-bond acceptors (Lipinski definition) is 6. The summed E-state index contributed by atoms with van der Waals surface area (Å²) in [7, 11) is 0. The summed E-state index contributed by atoms with van der Waals surface area (Å²) in [5.74, 6) is -0.624. The number of amidine groups is 1. The Labute approximate surface area is 121 Å². The molecule has 1 atom stereocenters. The lowest BCUT2D eigenvalue weighted by Gasteiger charge is -2.29. The average Bonchev–Trinajstić information content (AvgIpc) is 2.85. The van der Waals surface area contributed by atoms with Crippen molar-refractivity contribution in [1.29, 1.82) is 0 Å². The van der Waals surface area contributed by atoms with Gasteiger partial charge in [0, 0.05) is 22.7 Å². The first-order valence-corrected chi connectivity index (χ1v) is 7.06. The highest BCUT2D eigenvalue weighted by Gasteiger charge is 2.27. The van der Waals surface area contributed by atoms with Gasteiger partial charge in [0.15, 0.2) is 0 Å². The third kappa shape index (κ3) is 2.31. The van der Waals surface area contributed by atoms with Crippen LogP contribution in [0.15, 0.2) is 46.9 Å². The van der Waals surface area contributed by atoms with Crippen LogP contribution in [-0.2, 0) is 5.79 Å². The van der Waals surface area contributed by atoms with Gasteiger partial charge in [0.1, 0.15) is 5.84 Å². The van der Waals surface area contributed by atoms with Crippen LogP contribution in [0.3, 0.4) is 0 Å². The van der Waals surface area contributed by atoms with Crippen molar-refractivity contribution in [1.82, 2.24) is 10.3 Å². The van der Waals surface area contributed by atoms with Gasteiger partial charge in [-0.3, -0.25) is 5.73 Å². The summed E-state index contributed by atoms with van der Waals surface area (Å²) in [6, 6.07) is 7.86. The molecule has 20 heavy (non-hydrogen) atoms. The summed E-state index contributed by atoms with van der Waals surface area (Å²) in [5.41, 5.74) is 14.8. The maximum atomic E-state index is 6.28. The molecular formula is C14H15N5S. The first-order chi connectivity index (χ1) is 9.57. The zero-order valence-electron chi connectivity index (χ0n) is 11.0. The Morgan fingerprint density at radius 1 is 1.35 bits per heavy atom. The summed E-state index contributed by atoms with van der Waals surface area (Å²) >= 11 is 1.62. The van der Waals surface area contributed by atoms with Gasteiger partial charge in [0.05, 0.1) is 10.7 Å². The Bertz CT molecular complexity index is 703. The Morgan fingerprint density at radius 2 is 2.20 bits per heavy atom. The zero-order chi connectivity index (χ0) is 14.2. The molecule has 1 aromatic carbocycles. The molecule has 1 unspecified atom stereocenters. The molecule has 0 bridgehead atoms. The van der Waals surface area contributed by atoms with Crippen molar-refractivity contribution in [2.24, 2.45) is 16.5 Å². The fourth-order valence-corrected chi connectivity index (χ4v) is 2.71. The van der Waals surface area contributed by atoms with E-state index in [1.54, 1.807) is 23.6 Å². The largest absolute Gasteiger partial charge is 0.384 e. The van der Waals surface area contributed by atoms with Crippen LogP contribution in [0.4, 0.5) is 0 Å². The summed E-state index contributed by atoms with van der Waals surface area (Å²) in [5, 5.41) is 6.11. The van der Waals surface area contributed by atoms with Crippen LogP contribution in [0.5, 0.6) is 0 Å². The highest BCUT2D eigenvalue weighted by molar-refractivity contribution is 7.09. The molecule has 1 aromatic heterocycles. The van der Waals surface area contributed by atoms with Crippen molar-refractivity contribution in [3.63, 3.8) is 0 Å². The van der Waals surface area contributed by atoms with Crippen LogP contribution < -0.4 is 16.8 Å². The Kier molecular flexibility index (Phi) is 3.04. The van der Waals surface area contributed by atoms with Crippen molar-refractivity contribution >= 4 is 17.2 Å². The molecule has 0 aliphatic carbocycles. The molecule has 0 amide bonds. The van der Waals surface area contributed by atoms with Gasteiger partial charge in [-0.2, -0.15) is 0 Å². The number of nitrogens with two attached hydrogens (primary N) is 2. The highest BCUT2D eigenvalue weighted by Crippen LogP contribution is 2.26. The molecular weight excluding hydrogens is 270 g/mol. The van der Waals surface area contributed by atoms with E-state index in [4.69, 9.17) is 11.5 Å². The molecule has 0 fully saturated rings. The van der Waals surface area contributed by atoms with E-state index in [0.717, 1.165) is 21.8 Å². The number of nitrogens with one attached hydrogen (secondary N) is 1. The maximum absolute atomic E-state index is 6.28. The molecule has 5 N–H and O–H groups in total. The van der Waals surface area contributed by atoms with Gasteiger partial charge < -0.3 is 11.1 Å². The van der Waals surface area contributed by atoms with Gasteiger partial charge >= 0.3 is 0 Å². The van der Waals surface area contributed by atoms with Crippen molar-refractivity contribution in [2.45, 2.75) is 12.7 Å². The van der Waals surface area contributed by atoms with E-state index in [1.165, 1.54) is 0 Å². The SMILES string of the molecule is Cc1nc(-c2cccc(C3(N)N=C(N)C=CN3)c2)cs1. The van der Waals surface area contributed by atoms with E-state index >= 15 is 0 Å². The Hall–Kier alpha value is -2.18. The monoisotopic (exact) mass is 285 g/mol. The Morgan fingerprint density at radius 3 is 2.90 bits per heavy atom. The predicted octanol–water partition coefficient (Wildman–Crippen LogP) is 1.66. The molecule has 5 nitrogen and oxygen atoms in total. The van der Waals surface area contributed by atoms with Gasteiger partial charge in [-0.15, -0.1) is 11.3 Å². The molecule has 2 heterocycles. The lowest BCUT2D eigenvalue weighted by atomic mass is 10.0. The standard InChI is InChI=1S/C14H15N5S/c1-9-18-12(8-20-9)10-3-2-4-11(7-10)14(16)17-6-5-13(15)19-14/h2-8,17H,16H2,1H3,(H2,15,19). The van der Waals surface area contributed by atoms with E-state index in [0.29, 0.717) is 5.84 Å². The second-order valence-corrected chi connectivity index (χ2v) is 5.68. The van der Waals surface area contributed by atoms with E-state index < -0.39 is 5.79 Å². The molecule has 1 aliphatic heterocycles. The number of aryl methyl sites for hydroxylation is 1. The second kappa shape index (κ2) is 4.73. The Balaban J connectivity index is 2.02. The third-order valence-corrected chi connectivity index (χ3v) is 3.85. The number of benzene rings is 1. The van der Waals surface area contributed by atoms with Crippen LogP contribution >= 0.6 is 11.3 Å². The smallest absolute Gasteiger partial charge is 0.211 e. The number of thiazole rings is 1. The minimum Gasteiger partial charge on any atom is -0.384 e. The first kappa shape index (κ1) is 12.8. The van der Waals surface area contributed by atoms with Gasteiger partial charge in [0.25, 0.3) is 0 Å². The predicted molar refractivity (Wildman–Crippen MR) is 82.1 cm³/mol. The summed E-state index contributed by atoms with van der Waals surface area (Å²) < 4.78 is 0. The summed E-state index contributed by atoms with van der Waals surface area (Å²) in [6.45, 7) is 1.99. The van der Waals surface area contributed by atoms with Crippen LogP contribution in [0.2, 0.25) is 0 Å². The van der Waals surface area contributed by atoms with Gasteiger partial charge in [-0.05, 0) is 19.1 Å². The normalized spacial score (nSPS) is 21.4. The average molecular weight is 285 g/mol. The summed E-state index contributed by atoms with van der Waals surface area (Å²) in [6.07, 6.45) is 3.39. The number of hydrogen-bond donors (Lipinski definition) is 3. The fraction of sp³-hybridized carbons (Fsp3) is 0.143. The molecule has 102 valence electrons. The topological polar surface area (TPSA) is 89.3 Å². The van der Waals surface area contributed by atoms with E-state index in [1.807, 2.05) is 36.6 Å². The molecule has 0 saturated carbocycles. The highest BCUT2D eigenvalue weighted by atomic mass is 32.1. The molecule has 0 radical (unpaired) electrons. The van der Waals surface area contributed by atoms with Gasteiger partial charge in [-0.25, -0.2) is 9.98 Å². The number of aliphatic imine (C=N–C) groups is 1. The number of aromatic nitrogens is 1. The van der Waals surface area contributed by atoms with Crippen molar-refractivity contribution in [3.8, 4) is 11.3 Å². The van der Waals surface area contributed by atoms with Gasteiger partial charge in [-0.1, -0.05) is 18.2 Å². The van der Waals surface area contributed by atoms with Crippen molar-refractivity contribution < 1.29 is 0 Å². The minimum absolute atomic E-state index is 0.404. The molecule has 0 spiro atoms. The number of rotatable bonds is 2. The second-order valence-electron chi connectivity index (χ2n) is 4.61. The molecule has 1 aliphatic rings. The van der Waals surface area contributed by atoms with E-state index in [9.17, 15) is 0 Å². The van der Waals surface area contributed by atoms with Crippen LogP contribution in [0.1, 0.15) is 10.6 Å². The zero-order valence-corrected chi connectivity index (χ0v) is 11.8. The van der Waals surface area contributed by atoms with Crippen LogP contribution in [0.25, 0.3) is 11.3 Å². The molecule has 3 rings (SSSR count). The van der Waals surface area contributed by atoms with Crippen LogP contribution in [0, 0.1) is 6.92 Å². The summed E-state index contributed by atoms with van der Waals surface area (Å²) in [4.78, 5) is 8.77. The molecule has 0 saturated heterocycles. The van der Waals surface area contributed by atoms with Gasteiger partial charge in [0.2, 0.25) is 5.79 Å². The van der Waals surface area contributed by atoms with E-state index in [-0.39, 0.29) is 0 Å². The lowest BCUT2D eigenvalue weighted by Crippen LogP contribution is -2.49. The van der Waals surface area contributed by atoms with Crippen molar-refractivity contribution in [3.05, 3.63) is 52.5 Å². The first-order valence-electron chi connectivity index (χ1n) is 6.18. The van der Waals surface area contributed by atoms with Crippen molar-refractivity contribution in [2.75, 3.05) is 0 Å². The lowest BCUT2D eigenvalue weighted by molar-refractivity contribution is 0.410. The molecule has 2 aromatic rings. The maximum Gasteiger partial charge on any atom is 0.211 e. The quantitative estimate of drug-likeness (QED) is 0.783. The minimum atomic E-state index is -1.03.